The monoisotopic (exact) mass is 226 g/mol. The number of piperidine rings is 1. The molecule has 4 heteroatoms. The lowest BCUT2D eigenvalue weighted by atomic mass is 10.1. The maximum Gasteiger partial charge on any atom is 0.410 e. The summed E-state index contributed by atoms with van der Waals surface area (Å²) in [7, 11) is 1.93. The third-order valence-electron chi connectivity index (χ3n) is 3.25. The van der Waals surface area contributed by atoms with E-state index in [2.05, 4.69) is 5.32 Å². The quantitative estimate of drug-likeness (QED) is 0.777. The number of amides is 1. The van der Waals surface area contributed by atoms with Crippen molar-refractivity contribution in [2.45, 2.75) is 51.3 Å². The molecule has 3 atom stereocenters. The Balaban J connectivity index is 1.98. The molecule has 1 amide bonds. The maximum absolute atomic E-state index is 12.1. The fraction of sp³-hybridized carbons (Fsp3) is 0.917. The Morgan fingerprint density at radius 3 is 2.69 bits per heavy atom. The fourth-order valence-corrected chi connectivity index (χ4v) is 2.58. The van der Waals surface area contributed by atoms with Crippen molar-refractivity contribution in [2.24, 2.45) is 5.92 Å². The Morgan fingerprint density at radius 1 is 1.44 bits per heavy atom. The standard InChI is InChI=1S/C12H22N2O2/c1-12(2,3)16-11(15)14-9(7-13-4)5-8-6-10(8)14/h8-10,13H,5-7H2,1-4H3. The van der Waals surface area contributed by atoms with Crippen molar-refractivity contribution in [1.29, 1.82) is 0 Å². The average Bonchev–Trinajstić information content (AvgIpc) is 2.75. The van der Waals surface area contributed by atoms with Crippen LogP contribution in [0.15, 0.2) is 0 Å². The van der Waals surface area contributed by atoms with Crippen LogP contribution < -0.4 is 5.32 Å². The molecule has 1 saturated heterocycles. The second-order valence-corrected chi connectivity index (χ2v) is 5.90. The molecule has 2 fully saturated rings. The van der Waals surface area contributed by atoms with Gasteiger partial charge in [0.05, 0.1) is 0 Å². The number of hydrogen-bond acceptors (Lipinski definition) is 3. The van der Waals surface area contributed by atoms with Crippen molar-refractivity contribution >= 4 is 6.09 Å². The number of nitrogens with one attached hydrogen (secondary N) is 1. The van der Waals surface area contributed by atoms with E-state index in [9.17, 15) is 4.79 Å². The third-order valence-corrected chi connectivity index (χ3v) is 3.25. The summed E-state index contributed by atoms with van der Waals surface area (Å²) in [6.45, 7) is 6.61. The second kappa shape index (κ2) is 3.91. The van der Waals surface area contributed by atoms with E-state index in [4.69, 9.17) is 4.74 Å². The molecule has 0 aromatic rings. The van der Waals surface area contributed by atoms with E-state index >= 15 is 0 Å². The molecule has 0 bridgehead atoms. The molecule has 92 valence electrons. The van der Waals surface area contributed by atoms with E-state index in [1.165, 1.54) is 6.42 Å². The van der Waals surface area contributed by atoms with Gasteiger partial charge in [0.15, 0.2) is 0 Å². The minimum absolute atomic E-state index is 0.141. The van der Waals surface area contributed by atoms with Crippen LogP contribution in [-0.2, 0) is 4.74 Å². The van der Waals surface area contributed by atoms with Gasteiger partial charge in [-0.1, -0.05) is 0 Å². The van der Waals surface area contributed by atoms with Gasteiger partial charge in [-0.25, -0.2) is 4.79 Å². The molecule has 4 nitrogen and oxygen atoms in total. The zero-order chi connectivity index (χ0) is 11.9. The molecule has 0 aromatic carbocycles. The average molecular weight is 226 g/mol. The number of rotatable bonds is 2. The molecule has 2 aliphatic rings. The normalized spacial score (nSPS) is 32.5. The van der Waals surface area contributed by atoms with Gasteiger partial charge in [-0.3, -0.25) is 0 Å². The maximum atomic E-state index is 12.1. The zero-order valence-corrected chi connectivity index (χ0v) is 10.6. The van der Waals surface area contributed by atoms with E-state index in [0.717, 1.165) is 18.9 Å². The lowest BCUT2D eigenvalue weighted by molar-refractivity contribution is 0.0186. The summed E-state index contributed by atoms with van der Waals surface area (Å²) in [5.74, 6) is 0.728. The SMILES string of the molecule is CNCC1CC2CC2N1C(=O)OC(C)(C)C. The molecule has 1 heterocycles. The van der Waals surface area contributed by atoms with Crippen LogP contribution in [0.25, 0.3) is 0 Å². The Hall–Kier alpha value is -0.770. The van der Waals surface area contributed by atoms with E-state index in [-0.39, 0.29) is 6.09 Å². The van der Waals surface area contributed by atoms with Crippen LogP contribution in [0.3, 0.4) is 0 Å². The Bertz CT molecular complexity index is 285. The van der Waals surface area contributed by atoms with Crippen LogP contribution in [0, 0.1) is 5.92 Å². The van der Waals surface area contributed by atoms with E-state index in [1.54, 1.807) is 0 Å². The smallest absolute Gasteiger partial charge is 0.410 e. The molecule has 3 unspecified atom stereocenters. The molecule has 16 heavy (non-hydrogen) atoms. The van der Waals surface area contributed by atoms with Gasteiger partial charge in [0.2, 0.25) is 0 Å². The first kappa shape index (κ1) is 11.7. The number of carbonyl (C=O) groups is 1. The molecular formula is C12H22N2O2. The lowest BCUT2D eigenvalue weighted by Crippen LogP contribution is -2.45. The number of nitrogens with zero attached hydrogens (tertiary/aromatic N) is 1. The predicted octanol–water partition coefficient (Wildman–Crippen LogP) is 1.60. The lowest BCUT2D eigenvalue weighted by Gasteiger charge is -2.30. The summed E-state index contributed by atoms with van der Waals surface area (Å²) in [5, 5.41) is 3.15. The topological polar surface area (TPSA) is 41.6 Å². The summed E-state index contributed by atoms with van der Waals surface area (Å²) in [6, 6.07) is 0.775. The van der Waals surface area contributed by atoms with Crippen molar-refractivity contribution in [3.8, 4) is 0 Å². The highest BCUT2D eigenvalue weighted by molar-refractivity contribution is 5.70. The number of likely N-dealkylation sites (tertiary alicyclic amines) is 1. The van der Waals surface area contributed by atoms with E-state index < -0.39 is 5.60 Å². The molecule has 1 aliphatic heterocycles. The summed E-state index contributed by atoms with van der Waals surface area (Å²) < 4.78 is 5.45. The minimum Gasteiger partial charge on any atom is -0.444 e. The Labute approximate surface area is 97.3 Å². The molecule has 0 spiro atoms. The van der Waals surface area contributed by atoms with Gasteiger partial charge in [0.25, 0.3) is 0 Å². The van der Waals surface area contributed by atoms with Crippen LogP contribution in [0.2, 0.25) is 0 Å². The molecule has 1 saturated carbocycles. The highest BCUT2D eigenvalue weighted by Crippen LogP contribution is 2.48. The molecule has 2 rings (SSSR count). The molecule has 0 aromatic heterocycles. The fourth-order valence-electron chi connectivity index (χ4n) is 2.58. The van der Waals surface area contributed by atoms with E-state index in [0.29, 0.717) is 12.1 Å². The largest absolute Gasteiger partial charge is 0.444 e. The van der Waals surface area contributed by atoms with Gasteiger partial charge in [0.1, 0.15) is 5.60 Å². The molecule has 1 aliphatic carbocycles. The number of hydrogen-bond donors (Lipinski definition) is 1. The van der Waals surface area contributed by atoms with Crippen LogP contribution in [0.4, 0.5) is 4.79 Å². The second-order valence-electron chi connectivity index (χ2n) is 5.90. The Kier molecular flexibility index (Phi) is 2.86. The molecular weight excluding hydrogens is 204 g/mol. The van der Waals surface area contributed by atoms with Crippen LogP contribution >= 0.6 is 0 Å². The molecule has 0 radical (unpaired) electrons. The third kappa shape index (κ3) is 2.32. The first-order chi connectivity index (χ1) is 7.42. The number of fused-ring (bicyclic) bond motifs is 1. The Morgan fingerprint density at radius 2 is 2.12 bits per heavy atom. The molecule has 1 N–H and O–H groups in total. The van der Waals surface area contributed by atoms with Gasteiger partial charge >= 0.3 is 6.09 Å². The highest BCUT2D eigenvalue weighted by Gasteiger charge is 2.54. The van der Waals surface area contributed by atoms with Crippen LogP contribution in [0.1, 0.15) is 33.6 Å². The summed E-state index contributed by atoms with van der Waals surface area (Å²) >= 11 is 0. The number of likely N-dealkylation sites (N-methyl/N-ethyl adjacent to an activating group) is 1. The van der Waals surface area contributed by atoms with Gasteiger partial charge in [-0.2, -0.15) is 0 Å². The minimum atomic E-state index is -0.395. The first-order valence-corrected chi connectivity index (χ1v) is 6.08. The van der Waals surface area contributed by atoms with Gasteiger partial charge in [0, 0.05) is 18.6 Å². The number of carbonyl (C=O) groups excluding carboxylic acids is 1. The van der Waals surface area contributed by atoms with Gasteiger partial charge in [-0.15, -0.1) is 0 Å². The van der Waals surface area contributed by atoms with Crippen molar-refractivity contribution < 1.29 is 9.53 Å². The van der Waals surface area contributed by atoms with Crippen molar-refractivity contribution in [2.75, 3.05) is 13.6 Å². The van der Waals surface area contributed by atoms with Crippen LogP contribution in [-0.4, -0.2) is 42.3 Å². The zero-order valence-electron chi connectivity index (χ0n) is 10.6. The van der Waals surface area contributed by atoms with Crippen molar-refractivity contribution in [3.63, 3.8) is 0 Å². The van der Waals surface area contributed by atoms with Crippen molar-refractivity contribution in [3.05, 3.63) is 0 Å². The summed E-state index contributed by atoms with van der Waals surface area (Å²) in [6.07, 6.45) is 2.15. The first-order valence-electron chi connectivity index (χ1n) is 6.08. The summed E-state index contributed by atoms with van der Waals surface area (Å²) in [5.41, 5.74) is -0.395. The highest BCUT2D eigenvalue weighted by atomic mass is 16.6. The predicted molar refractivity (Wildman–Crippen MR) is 62.3 cm³/mol. The van der Waals surface area contributed by atoms with Gasteiger partial charge in [-0.05, 0) is 46.6 Å². The van der Waals surface area contributed by atoms with Crippen LogP contribution in [0.5, 0.6) is 0 Å². The van der Waals surface area contributed by atoms with Crippen molar-refractivity contribution in [1.82, 2.24) is 10.2 Å². The summed E-state index contributed by atoms with van der Waals surface area (Å²) in [4.78, 5) is 14.0. The van der Waals surface area contributed by atoms with Gasteiger partial charge < -0.3 is 15.0 Å². The number of ether oxygens (including phenoxy) is 1. The van der Waals surface area contributed by atoms with E-state index in [1.807, 2.05) is 32.7 Å².